The molecule has 126 valence electrons. The summed E-state index contributed by atoms with van der Waals surface area (Å²) >= 11 is 2.03. The van der Waals surface area contributed by atoms with Crippen LogP contribution in [0.2, 0.25) is 0 Å². The number of guanidine groups is 1. The van der Waals surface area contributed by atoms with Gasteiger partial charge in [0.05, 0.1) is 6.54 Å². The van der Waals surface area contributed by atoms with E-state index < -0.39 is 5.91 Å². The van der Waals surface area contributed by atoms with Crippen LogP contribution in [-0.2, 0) is 6.54 Å². The van der Waals surface area contributed by atoms with Crippen LogP contribution < -0.4 is 16.4 Å². The van der Waals surface area contributed by atoms with Gasteiger partial charge in [-0.25, -0.2) is 4.99 Å². The molecular weight excluding hydrogens is 308 g/mol. The maximum atomic E-state index is 11.2. The highest BCUT2D eigenvalue weighted by molar-refractivity contribution is 8.00. The topological polar surface area (TPSA) is 79.5 Å². The van der Waals surface area contributed by atoms with E-state index in [-0.39, 0.29) is 0 Å². The number of aliphatic imine (C=N–C) groups is 1. The Hall–Kier alpha value is -1.69. The van der Waals surface area contributed by atoms with Crippen LogP contribution in [0.3, 0.4) is 0 Å². The van der Waals surface area contributed by atoms with Gasteiger partial charge in [-0.1, -0.05) is 12.1 Å². The first-order chi connectivity index (χ1) is 11.0. The van der Waals surface area contributed by atoms with Crippen molar-refractivity contribution in [1.29, 1.82) is 0 Å². The molecule has 1 amide bonds. The number of nitrogens with zero attached hydrogens (tertiary/aromatic N) is 1. The van der Waals surface area contributed by atoms with E-state index in [1.54, 1.807) is 12.1 Å². The minimum Gasteiger partial charge on any atom is -0.366 e. The largest absolute Gasteiger partial charge is 0.366 e. The summed E-state index contributed by atoms with van der Waals surface area (Å²) in [6.45, 7) is 6.59. The smallest absolute Gasteiger partial charge is 0.248 e. The van der Waals surface area contributed by atoms with Crippen molar-refractivity contribution < 1.29 is 4.79 Å². The third-order valence-corrected chi connectivity index (χ3v) is 5.44. The summed E-state index contributed by atoms with van der Waals surface area (Å²) in [6.07, 6.45) is 2.53. The summed E-state index contributed by atoms with van der Waals surface area (Å²) in [5.41, 5.74) is 6.81. The number of primary amides is 1. The zero-order valence-electron chi connectivity index (χ0n) is 13.9. The summed E-state index contributed by atoms with van der Waals surface area (Å²) in [4.78, 5) is 15.8. The molecule has 1 heterocycles. The van der Waals surface area contributed by atoms with Crippen LogP contribution in [0.15, 0.2) is 29.3 Å². The number of nitrogens with one attached hydrogen (secondary N) is 2. The van der Waals surface area contributed by atoms with Crippen molar-refractivity contribution in [2.24, 2.45) is 10.7 Å². The fourth-order valence-corrected chi connectivity index (χ4v) is 3.83. The van der Waals surface area contributed by atoms with Crippen LogP contribution in [0.5, 0.6) is 0 Å². The lowest BCUT2D eigenvalue weighted by Gasteiger charge is -2.24. The van der Waals surface area contributed by atoms with Gasteiger partial charge >= 0.3 is 0 Å². The Morgan fingerprint density at radius 1 is 1.43 bits per heavy atom. The monoisotopic (exact) mass is 334 g/mol. The third kappa shape index (κ3) is 5.46. The van der Waals surface area contributed by atoms with Gasteiger partial charge < -0.3 is 16.4 Å². The lowest BCUT2D eigenvalue weighted by molar-refractivity contribution is 0.1000. The van der Waals surface area contributed by atoms with Gasteiger partial charge in [-0.05, 0) is 50.1 Å². The van der Waals surface area contributed by atoms with Crippen molar-refractivity contribution in [2.75, 3.05) is 18.8 Å². The zero-order valence-corrected chi connectivity index (χ0v) is 14.7. The zero-order chi connectivity index (χ0) is 16.7. The van der Waals surface area contributed by atoms with Crippen molar-refractivity contribution in [3.63, 3.8) is 0 Å². The van der Waals surface area contributed by atoms with Gasteiger partial charge in [0.2, 0.25) is 5.91 Å². The second-order valence-electron chi connectivity index (χ2n) is 6.02. The number of carbonyl (C=O) groups excluding carboxylic acids is 1. The molecule has 0 aliphatic carbocycles. The molecule has 0 spiro atoms. The minimum absolute atomic E-state index is 0.294. The standard InChI is InChI=1S/C17H26N4OS/c1-3-19-16(21-12-17(2)8-5-9-23-17)20-11-13-6-4-7-14(10-13)15(18)22/h4,6-7,10H,3,5,8-9,11-12H2,1-2H3,(H2,18,22)(H2,19,20,21). The molecule has 1 saturated heterocycles. The first-order valence-corrected chi connectivity index (χ1v) is 9.06. The molecule has 1 aromatic rings. The third-order valence-electron chi connectivity index (χ3n) is 3.91. The van der Waals surface area contributed by atoms with Gasteiger partial charge in [0.25, 0.3) is 0 Å². The predicted octanol–water partition coefficient (Wildman–Crippen LogP) is 2.13. The predicted molar refractivity (Wildman–Crippen MR) is 97.9 cm³/mol. The van der Waals surface area contributed by atoms with E-state index in [2.05, 4.69) is 29.5 Å². The molecule has 0 bridgehead atoms. The van der Waals surface area contributed by atoms with Gasteiger partial charge in [0.15, 0.2) is 5.96 Å². The number of carbonyl (C=O) groups is 1. The second kappa shape index (κ2) is 8.24. The first-order valence-electron chi connectivity index (χ1n) is 8.07. The van der Waals surface area contributed by atoms with Gasteiger partial charge in [0.1, 0.15) is 0 Å². The number of amides is 1. The highest BCUT2D eigenvalue weighted by Crippen LogP contribution is 2.36. The Bertz CT molecular complexity index is 567. The van der Waals surface area contributed by atoms with E-state index >= 15 is 0 Å². The van der Waals surface area contributed by atoms with Crippen LogP contribution in [0, 0.1) is 0 Å². The summed E-state index contributed by atoms with van der Waals surface area (Å²) in [6, 6.07) is 7.30. The molecular formula is C17H26N4OS. The Kier molecular flexibility index (Phi) is 6.33. The molecule has 1 aliphatic rings. The SMILES string of the molecule is CCNC(=NCc1cccc(C(N)=O)c1)NCC1(C)CCCS1. The Labute approximate surface area is 142 Å². The molecule has 1 aromatic carbocycles. The molecule has 5 nitrogen and oxygen atoms in total. The second-order valence-corrected chi connectivity index (χ2v) is 7.70. The fraction of sp³-hybridized carbons (Fsp3) is 0.529. The molecule has 4 N–H and O–H groups in total. The highest BCUT2D eigenvalue weighted by atomic mass is 32.2. The number of nitrogens with two attached hydrogens (primary N) is 1. The van der Waals surface area contributed by atoms with Gasteiger partial charge in [-0.3, -0.25) is 4.79 Å². The number of benzene rings is 1. The van der Waals surface area contributed by atoms with Crippen molar-refractivity contribution in [1.82, 2.24) is 10.6 Å². The van der Waals surface area contributed by atoms with E-state index in [0.29, 0.717) is 16.9 Å². The summed E-state index contributed by atoms with van der Waals surface area (Å²) in [7, 11) is 0. The Morgan fingerprint density at radius 3 is 2.91 bits per heavy atom. The Balaban J connectivity index is 1.97. The molecule has 0 radical (unpaired) electrons. The number of rotatable bonds is 6. The molecule has 0 saturated carbocycles. The number of thioether (sulfide) groups is 1. The fourth-order valence-electron chi connectivity index (χ4n) is 2.58. The van der Waals surface area contributed by atoms with E-state index in [4.69, 9.17) is 5.73 Å². The molecule has 1 fully saturated rings. The van der Waals surface area contributed by atoms with Crippen molar-refractivity contribution >= 4 is 23.6 Å². The molecule has 23 heavy (non-hydrogen) atoms. The first kappa shape index (κ1) is 17.7. The molecule has 0 aromatic heterocycles. The van der Waals surface area contributed by atoms with E-state index in [1.165, 1.54) is 18.6 Å². The molecule has 1 aliphatic heterocycles. The van der Waals surface area contributed by atoms with Gasteiger partial charge in [0, 0.05) is 23.4 Å². The van der Waals surface area contributed by atoms with E-state index in [1.807, 2.05) is 23.9 Å². The number of hydrogen-bond donors (Lipinski definition) is 3. The normalized spacial score (nSPS) is 21.2. The van der Waals surface area contributed by atoms with Crippen LogP contribution in [0.1, 0.15) is 42.6 Å². The summed E-state index contributed by atoms with van der Waals surface area (Å²) in [5.74, 6) is 1.64. The average Bonchev–Trinajstić information content (AvgIpc) is 2.97. The molecule has 2 rings (SSSR count). The van der Waals surface area contributed by atoms with Crippen LogP contribution in [0.25, 0.3) is 0 Å². The van der Waals surface area contributed by atoms with Crippen molar-refractivity contribution in [3.8, 4) is 0 Å². The van der Waals surface area contributed by atoms with Crippen molar-refractivity contribution in [3.05, 3.63) is 35.4 Å². The van der Waals surface area contributed by atoms with E-state index in [0.717, 1.165) is 24.6 Å². The molecule has 1 unspecified atom stereocenters. The van der Waals surface area contributed by atoms with Gasteiger partial charge in [-0.15, -0.1) is 0 Å². The molecule has 1 atom stereocenters. The van der Waals surface area contributed by atoms with Gasteiger partial charge in [-0.2, -0.15) is 11.8 Å². The quantitative estimate of drug-likeness (QED) is 0.550. The maximum absolute atomic E-state index is 11.2. The van der Waals surface area contributed by atoms with Crippen molar-refractivity contribution in [2.45, 2.75) is 38.0 Å². The van der Waals surface area contributed by atoms with Crippen LogP contribution in [-0.4, -0.2) is 35.5 Å². The summed E-state index contributed by atoms with van der Waals surface area (Å²) < 4.78 is 0.294. The molecule has 6 heteroatoms. The summed E-state index contributed by atoms with van der Waals surface area (Å²) in [5, 5.41) is 6.71. The van der Waals surface area contributed by atoms with E-state index in [9.17, 15) is 4.79 Å². The Morgan fingerprint density at radius 2 is 2.26 bits per heavy atom. The lowest BCUT2D eigenvalue weighted by atomic mass is 10.1. The van der Waals surface area contributed by atoms with Crippen LogP contribution >= 0.6 is 11.8 Å². The van der Waals surface area contributed by atoms with Crippen LogP contribution in [0.4, 0.5) is 0 Å². The highest BCUT2D eigenvalue weighted by Gasteiger charge is 2.29. The number of hydrogen-bond acceptors (Lipinski definition) is 3. The minimum atomic E-state index is -0.410. The average molecular weight is 334 g/mol. The lowest BCUT2D eigenvalue weighted by Crippen LogP contribution is -2.43. The maximum Gasteiger partial charge on any atom is 0.248 e.